The van der Waals surface area contributed by atoms with Gasteiger partial charge in [-0.05, 0) is 37.6 Å². The molecule has 90 valence electrons. The van der Waals surface area contributed by atoms with E-state index in [1.165, 1.54) is 6.26 Å². The van der Waals surface area contributed by atoms with Crippen LogP contribution in [-0.2, 0) is 0 Å². The Hall–Kier alpha value is -2.54. The van der Waals surface area contributed by atoms with Crippen LogP contribution >= 0.6 is 0 Å². The molecule has 0 aliphatic carbocycles. The molecule has 2 rings (SSSR count). The third-order valence-electron chi connectivity index (χ3n) is 2.72. The number of carbonyl (C=O) groups excluding carboxylic acids is 1. The summed E-state index contributed by atoms with van der Waals surface area (Å²) in [6.45, 7) is 3.60. The van der Waals surface area contributed by atoms with Gasteiger partial charge in [0.05, 0.1) is 23.5 Å². The summed E-state index contributed by atoms with van der Waals surface area (Å²) in [5, 5.41) is 11.6. The maximum absolute atomic E-state index is 12.0. The lowest BCUT2D eigenvalue weighted by molar-refractivity contribution is 0.102. The highest BCUT2D eigenvalue weighted by molar-refractivity contribution is 6.05. The largest absolute Gasteiger partial charge is 0.469 e. The lowest BCUT2D eigenvalue weighted by atomic mass is 10.1. The predicted octanol–water partition coefficient (Wildman–Crippen LogP) is 3.02. The van der Waals surface area contributed by atoms with E-state index in [9.17, 15) is 4.79 Å². The molecule has 18 heavy (non-hydrogen) atoms. The summed E-state index contributed by atoms with van der Waals surface area (Å²) in [5.41, 5.74) is 2.56. The number of furan rings is 1. The Balaban J connectivity index is 2.27. The second-order valence-electron chi connectivity index (χ2n) is 3.99. The molecule has 0 unspecified atom stereocenters. The van der Waals surface area contributed by atoms with Crippen LogP contribution in [0.25, 0.3) is 0 Å². The van der Waals surface area contributed by atoms with Crippen molar-refractivity contribution in [2.45, 2.75) is 13.8 Å². The molecule has 1 N–H and O–H groups in total. The molecule has 4 heteroatoms. The van der Waals surface area contributed by atoms with E-state index in [-0.39, 0.29) is 5.91 Å². The normalized spacial score (nSPS) is 9.83. The van der Waals surface area contributed by atoms with Crippen molar-refractivity contribution in [1.82, 2.24) is 0 Å². The van der Waals surface area contributed by atoms with Crippen LogP contribution in [0.2, 0.25) is 0 Å². The van der Waals surface area contributed by atoms with E-state index in [0.29, 0.717) is 22.6 Å². The van der Waals surface area contributed by atoms with Gasteiger partial charge in [0, 0.05) is 5.69 Å². The zero-order valence-electron chi connectivity index (χ0n) is 10.2. The highest BCUT2D eigenvalue weighted by Crippen LogP contribution is 2.18. The van der Waals surface area contributed by atoms with Gasteiger partial charge in [-0.25, -0.2) is 0 Å². The second-order valence-corrected chi connectivity index (χ2v) is 3.99. The minimum absolute atomic E-state index is 0.237. The fraction of sp³-hybridized carbons (Fsp3) is 0.143. The number of nitriles is 1. The van der Waals surface area contributed by atoms with Crippen molar-refractivity contribution in [3.63, 3.8) is 0 Å². The van der Waals surface area contributed by atoms with Gasteiger partial charge in [0.2, 0.25) is 0 Å². The van der Waals surface area contributed by atoms with Crippen LogP contribution in [-0.4, -0.2) is 5.91 Å². The van der Waals surface area contributed by atoms with Crippen molar-refractivity contribution >= 4 is 11.6 Å². The first kappa shape index (κ1) is 11.9. The number of hydrogen-bond acceptors (Lipinski definition) is 3. The Morgan fingerprint density at radius 2 is 2.11 bits per heavy atom. The molecule has 0 spiro atoms. The highest BCUT2D eigenvalue weighted by atomic mass is 16.3. The third-order valence-corrected chi connectivity index (χ3v) is 2.72. The molecule has 1 aromatic carbocycles. The van der Waals surface area contributed by atoms with Crippen LogP contribution in [0.5, 0.6) is 0 Å². The molecule has 1 heterocycles. The first-order chi connectivity index (χ1) is 8.61. The van der Waals surface area contributed by atoms with Gasteiger partial charge in [0.1, 0.15) is 5.76 Å². The Labute approximate surface area is 105 Å². The lowest BCUT2D eigenvalue weighted by Crippen LogP contribution is -2.13. The molecule has 0 atom stereocenters. The highest BCUT2D eigenvalue weighted by Gasteiger charge is 2.12. The molecular weight excluding hydrogens is 228 g/mol. The second kappa shape index (κ2) is 4.76. The van der Waals surface area contributed by atoms with Gasteiger partial charge in [0.15, 0.2) is 0 Å². The summed E-state index contributed by atoms with van der Waals surface area (Å²) in [5.74, 6) is 0.334. The predicted molar refractivity (Wildman–Crippen MR) is 67.3 cm³/mol. The molecule has 1 amide bonds. The smallest absolute Gasteiger partial charge is 0.259 e. The minimum atomic E-state index is -0.237. The number of carbonyl (C=O) groups is 1. The van der Waals surface area contributed by atoms with Crippen LogP contribution in [0.3, 0.4) is 0 Å². The average molecular weight is 240 g/mol. The molecule has 0 aliphatic rings. The molecule has 2 aromatic rings. The topological polar surface area (TPSA) is 66.0 Å². The van der Waals surface area contributed by atoms with Crippen molar-refractivity contribution in [2.24, 2.45) is 0 Å². The van der Waals surface area contributed by atoms with E-state index in [1.54, 1.807) is 31.2 Å². The zero-order valence-corrected chi connectivity index (χ0v) is 10.2. The van der Waals surface area contributed by atoms with Gasteiger partial charge in [-0.3, -0.25) is 4.79 Å². The molecule has 4 nitrogen and oxygen atoms in total. The minimum Gasteiger partial charge on any atom is -0.469 e. The van der Waals surface area contributed by atoms with E-state index in [0.717, 1.165) is 5.56 Å². The Morgan fingerprint density at radius 3 is 2.72 bits per heavy atom. The molecule has 0 bridgehead atoms. The molecular formula is C14H12N2O2. The van der Waals surface area contributed by atoms with Gasteiger partial charge in [0.25, 0.3) is 5.91 Å². The van der Waals surface area contributed by atoms with Crippen LogP contribution in [0.4, 0.5) is 5.69 Å². The third kappa shape index (κ3) is 2.25. The molecule has 0 radical (unpaired) electrons. The standard InChI is InChI=1S/C14H12N2O2/c1-9-3-4-11(8-15)7-13(9)16-14(17)12-5-6-18-10(12)2/h3-7H,1-2H3,(H,16,17). The van der Waals surface area contributed by atoms with E-state index in [2.05, 4.69) is 5.32 Å². The first-order valence-corrected chi connectivity index (χ1v) is 5.48. The van der Waals surface area contributed by atoms with E-state index in [4.69, 9.17) is 9.68 Å². The Kier molecular flexibility index (Phi) is 3.16. The molecule has 0 aliphatic heterocycles. The Morgan fingerprint density at radius 1 is 1.33 bits per heavy atom. The average Bonchev–Trinajstić information content (AvgIpc) is 2.78. The number of nitrogens with one attached hydrogen (secondary N) is 1. The van der Waals surface area contributed by atoms with Gasteiger partial charge >= 0.3 is 0 Å². The summed E-state index contributed by atoms with van der Waals surface area (Å²) in [6, 6.07) is 8.84. The van der Waals surface area contributed by atoms with Crippen LogP contribution in [0.15, 0.2) is 34.9 Å². The van der Waals surface area contributed by atoms with Crippen LogP contribution in [0.1, 0.15) is 27.2 Å². The Bertz CT molecular complexity index is 635. The summed E-state index contributed by atoms with van der Waals surface area (Å²) in [4.78, 5) is 12.0. The fourth-order valence-electron chi connectivity index (χ4n) is 1.64. The maximum Gasteiger partial charge on any atom is 0.259 e. The van der Waals surface area contributed by atoms with Gasteiger partial charge in [-0.2, -0.15) is 5.26 Å². The molecule has 1 aromatic heterocycles. The summed E-state index contributed by atoms with van der Waals surface area (Å²) >= 11 is 0. The van der Waals surface area contributed by atoms with Crippen LogP contribution < -0.4 is 5.32 Å². The van der Waals surface area contributed by atoms with Crippen molar-refractivity contribution < 1.29 is 9.21 Å². The summed E-state index contributed by atoms with van der Waals surface area (Å²) in [7, 11) is 0. The summed E-state index contributed by atoms with van der Waals surface area (Å²) in [6.07, 6.45) is 1.48. The summed E-state index contributed by atoms with van der Waals surface area (Å²) < 4.78 is 5.09. The number of anilines is 1. The quantitative estimate of drug-likeness (QED) is 0.877. The number of amides is 1. The number of nitrogens with zero attached hydrogens (tertiary/aromatic N) is 1. The zero-order chi connectivity index (χ0) is 13.1. The molecule has 0 saturated heterocycles. The maximum atomic E-state index is 12.0. The van der Waals surface area contributed by atoms with E-state index in [1.807, 2.05) is 13.0 Å². The SMILES string of the molecule is Cc1ccc(C#N)cc1NC(=O)c1ccoc1C. The van der Waals surface area contributed by atoms with E-state index < -0.39 is 0 Å². The van der Waals surface area contributed by atoms with Gasteiger partial charge in [-0.1, -0.05) is 6.07 Å². The van der Waals surface area contributed by atoms with Crippen LogP contribution in [0, 0.1) is 25.2 Å². The van der Waals surface area contributed by atoms with Gasteiger partial charge in [-0.15, -0.1) is 0 Å². The first-order valence-electron chi connectivity index (χ1n) is 5.48. The lowest BCUT2D eigenvalue weighted by Gasteiger charge is -2.08. The molecule has 0 fully saturated rings. The van der Waals surface area contributed by atoms with Crippen molar-refractivity contribution in [3.05, 3.63) is 53.0 Å². The number of hydrogen-bond donors (Lipinski definition) is 1. The van der Waals surface area contributed by atoms with E-state index >= 15 is 0 Å². The molecule has 0 saturated carbocycles. The van der Waals surface area contributed by atoms with Crippen molar-refractivity contribution in [3.8, 4) is 6.07 Å². The number of benzene rings is 1. The van der Waals surface area contributed by atoms with Gasteiger partial charge < -0.3 is 9.73 Å². The van der Waals surface area contributed by atoms with Crippen molar-refractivity contribution in [1.29, 1.82) is 5.26 Å². The number of rotatable bonds is 2. The fourth-order valence-corrected chi connectivity index (χ4v) is 1.64. The number of aryl methyl sites for hydroxylation is 2. The van der Waals surface area contributed by atoms with Crippen molar-refractivity contribution in [2.75, 3.05) is 5.32 Å². The monoisotopic (exact) mass is 240 g/mol.